The van der Waals surface area contributed by atoms with Crippen LogP contribution in [0.3, 0.4) is 0 Å². The first kappa shape index (κ1) is 14.6. The molecule has 0 radical (unpaired) electrons. The van der Waals surface area contributed by atoms with Gasteiger partial charge in [-0.15, -0.1) is 0 Å². The van der Waals surface area contributed by atoms with Crippen LogP contribution in [-0.4, -0.2) is 14.8 Å². The summed E-state index contributed by atoms with van der Waals surface area (Å²) < 4.78 is 24.9. The zero-order valence-corrected chi connectivity index (χ0v) is 12.2. The fourth-order valence-electron chi connectivity index (χ4n) is 1.60. The molecule has 0 amide bonds. The Morgan fingerprint density at radius 2 is 1.60 bits per heavy atom. The molecular formula is C15H17NO3S. The van der Waals surface area contributed by atoms with Gasteiger partial charge in [-0.3, -0.25) is 13.4 Å². The lowest BCUT2D eigenvalue weighted by molar-refractivity contribution is 0.276. The molecule has 106 valence electrons. The molecule has 0 aromatic heterocycles. The number of nitrogens with zero attached hydrogens (tertiary/aromatic N) is 1. The SMILES string of the molecule is CC(=NOS(O)(O)c1ccc(C)cc1)c1ccccc1. The third-order valence-electron chi connectivity index (χ3n) is 2.80. The smallest absolute Gasteiger partial charge is 0.186 e. The molecule has 0 aliphatic carbocycles. The van der Waals surface area contributed by atoms with Crippen LogP contribution in [0.4, 0.5) is 0 Å². The Kier molecular flexibility index (Phi) is 4.44. The highest BCUT2D eigenvalue weighted by Gasteiger charge is 2.22. The summed E-state index contributed by atoms with van der Waals surface area (Å²) in [4.78, 5) is 0.313. The lowest BCUT2D eigenvalue weighted by Gasteiger charge is -2.23. The zero-order valence-electron chi connectivity index (χ0n) is 11.4. The van der Waals surface area contributed by atoms with Crippen molar-refractivity contribution in [3.05, 3.63) is 65.7 Å². The number of benzene rings is 2. The van der Waals surface area contributed by atoms with E-state index in [2.05, 4.69) is 5.16 Å². The Hall–Kier alpha value is -1.82. The maximum atomic E-state index is 9.98. The summed E-state index contributed by atoms with van der Waals surface area (Å²) in [7, 11) is -3.37. The molecule has 20 heavy (non-hydrogen) atoms. The van der Waals surface area contributed by atoms with Gasteiger partial charge in [0.15, 0.2) is 10.9 Å². The fraction of sp³-hybridized carbons (Fsp3) is 0.133. The van der Waals surface area contributed by atoms with Crippen molar-refractivity contribution in [3.63, 3.8) is 0 Å². The predicted molar refractivity (Wildman–Crippen MR) is 82.0 cm³/mol. The molecule has 0 spiro atoms. The lowest BCUT2D eigenvalue weighted by Crippen LogP contribution is -2.02. The molecule has 0 bridgehead atoms. The van der Waals surface area contributed by atoms with Gasteiger partial charge >= 0.3 is 0 Å². The molecule has 4 nitrogen and oxygen atoms in total. The summed E-state index contributed by atoms with van der Waals surface area (Å²) in [6, 6.07) is 16.2. The number of oxime groups is 1. The summed E-state index contributed by atoms with van der Waals surface area (Å²) in [6.45, 7) is 3.67. The Bertz CT molecular complexity index is 594. The third kappa shape index (κ3) is 3.60. The topological polar surface area (TPSA) is 62.0 Å². The molecule has 5 heteroatoms. The van der Waals surface area contributed by atoms with E-state index in [-0.39, 0.29) is 0 Å². The second-order valence-electron chi connectivity index (χ2n) is 4.43. The molecule has 2 aromatic rings. The minimum atomic E-state index is -3.37. The van der Waals surface area contributed by atoms with Gasteiger partial charge in [0, 0.05) is 0 Å². The van der Waals surface area contributed by atoms with Crippen LogP contribution in [0.2, 0.25) is 0 Å². The first-order valence-electron chi connectivity index (χ1n) is 6.12. The molecule has 0 aliphatic heterocycles. The van der Waals surface area contributed by atoms with Gasteiger partial charge in [0.2, 0.25) is 0 Å². The molecule has 0 heterocycles. The first-order valence-corrected chi connectivity index (χ1v) is 7.60. The van der Waals surface area contributed by atoms with E-state index in [4.69, 9.17) is 4.28 Å². The van der Waals surface area contributed by atoms with Gasteiger partial charge in [0.05, 0.1) is 10.6 Å². The van der Waals surface area contributed by atoms with Gasteiger partial charge in [-0.05, 0) is 31.5 Å². The van der Waals surface area contributed by atoms with E-state index in [1.165, 1.54) is 0 Å². The van der Waals surface area contributed by atoms with Crippen LogP contribution >= 0.6 is 10.9 Å². The fourth-order valence-corrected chi connectivity index (χ4v) is 2.39. The number of hydrogen-bond donors (Lipinski definition) is 2. The van der Waals surface area contributed by atoms with E-state index in [9.17, 15) is 9.11 Å². The number of hydrogen-bond acceptors (Lipinski definition) is 4. The van der Waals surface area contributed by atoms with Crippen molar-refractivity contribution in [2.45, 2.75) is 18.7 Å². The lowest BCUT2D eigenvalue weighted by atomic mass is 10.1. The van der Waals surface area contributed by atoms with Gasteiger partial charge in [-0.2, -0.15) is 0 Å². The Labute approximate surface area is 120 Å². The van der Waals surface area contributed by atoms with E-state index in [1.54, 1.807) is 31.2 Å². The minimum absolute atomic E-state index is 0.313. The minimum Gasteiger partial charge on any atom is -0.294 e. The molecule has 2 N–H and O–H groups in total. The zero-order chi connectivity index (χ0) is 14.6. The van der Waals surface area contributed by atoms with Gasteiger partial charge in [0.1, 0.15) is 0 Å². The van der Waals surface area contributed by atoms with Crippen molar-refractivity contribution in [2.75, 3.05) is 0 Å². The molecule has 2 aromatic carbocycles. The highest BCUT2D eigenvalue weighted by Crippen LogP contribution is 2.49. The van der Waals surface area contributed by atoms with Crippen molar-refractivity contribution in [1.82, 2.24) is 0 Å². The second kappa shape index (κ2) is 6.09. The molecule has 0 saturated heterocycles. The van der Waals surface area contributed by atoms with Gasteiger partial charge in [-0.1, -0.05) is 53.2 Å². The molecule has 0 aliphatic rings. The van der Waals surface area contributed by atoms with Crippen molar-refractivity contribution in [2.24, 2.45) is 5.16 Å². The van der Waals surface area contributed by atoms with Crippen LogP contribution < -0.4 is 0 Å². The average molecular weight is 291 g/mol. The molecule has 0 unspecified atom stereocenters. The van der Waals surface area contributed by atoms with E-state index in [0.717, 1.165) is 11.1 Å². The van der Waals surface area contributed by atoms with Crippen molar-refractivity contribution < 1.29 is 13.4 Å². The predicted octanol–water partition coefficient (Wildman–Crippen LogP) is 4.46. The average Bonchev–Trinajstić information content (AvgIpc) is 2.46. The van der Waals surface area contributed by atoms with Crippen LogP contribution in [0.25, 0.3) is 0 Å². The normalized spacial score (nSPS) is 13.1. The van der Waals surface area contributed by atoms with E-state index < -0.39 is 10.9 Å². The maximum absolute atomic E-state index is 9.98. The van der Waals surface area contributed by atoms with Gasteiger partial charge in [-0.25, -0.2) is 0 Å². The third-order valence-corrected chi connectivity index (χ3v) is 3.97. The molecular weight excluding hydrogens is 274 g/mol. The summed E-state index contributed by atoms with van der Waals surface area (Å²) in [5.74, 6) is 0. The number of aryl methyl sites for hydroxylation is 1. The molecule has 0 atom stereocenters. The first-order chi connectivity index (χ1) is 9.49. The Morgan fingerprint density at radius 1 is 1.00 bits per heavy atom. The quantitative estimate of drug-likeness (QED) is 0.645. The summed E-state index contributed by atoms with van der Waals surface area (Å²) in [5.41, 5.74) is 2.48. The summed E-state index contributed by atoms with van der Waals surface area (Å²) in [5, 5.41) is 3.82. The molecule has 0 saturated carbocycles. The molecule has 2 rings (SSSR count). The van der Waals surface area contributed by atoms with Crippen LogP contribution in [-0.2, 0) is 4.28 Å². The Morgan fingerprint density at radius 3 is 2.20 bits per heavy atom. The highest BCUT2D eigenvalue weighted by atomic mass is 32.3. The van der Waals surface area contributed by atoms with E-state index >= 15 is 0 Å². The van der Waals surface area contributed by atoms with Gasteiger partial charge in [0.25, 0.3) is 0 Å². The van der Waals surface area contributed by atoms with Crippen molar-refractivity contribution in [3.8, 4) is 0 Å². The van der Waals surface area contributed by atoms with E-state index in [0.29, 0.717) is 10.6 Å². The van der Waals surface area contributed by atoms with Crippen molar-refractivity contribution in [1.29, 1.82) is 0 Å². The summed E-state index contributed by atoms with van der Waals surface area (Å²) >= 11 is 0. The largest absolute Gasteiger partial charge is 0.294 e. The van der Waals surface area contributed by atoms with Gasteiger partial charge < -0.3 is 0 Å². The Balaban J connectivity index is 2.14. The number of rotatable bonds is 4. The standard InChI is InChI=1S/C15H17NO3S/c1-12-8-10-15(11-9-12)20(17,18)19-16-13(2)14-6-4-3-5-7-14/h3-11,17-18H,1-2H3. The van der Waals surface area contributed by atoms with Crippen molar-refractivity contribution >= 4 is 16.6 Å². The monoisotopic (exact) mass is 291 g/mol. The van der Waals surface area contributed by atoms with Crippen LogP contribution in [0.15, 0.2) is 64.6 Å². The van der Waals surface area contributed by atoms with Crippen LogP contribution in [0.1, 0.15) is 18.1 Å². The molecule has 0 fully saturated rings. The summed E-state index contributed by atoms with van der Waals surface area (Å²) in [6.07, 6.45) is 0. The maximum Gasteiger partial charge on any atom is 0.186 e. The van der Waals surface area contributed by atoms with Crippen LogP contribution in [0, 0.1) is 6.92 Å². The highest BCUT2D eigenvalue weighted by molar-refractivity contribution is 8.20. The van der Waals surface area contributed by atoms with Crippen LogP contribution in [0.5, 0.6) is 0 Å². The second-order valence-corrected chi connectivity index (χ2v) is 6.04. The van der Waals surface area contributed by atoms with E-state index in [1.807, 2.05) is 37.3 Å².